The molecule has 2 aromatic carbocycles. The highest BCUT2D eigenvalue weighted by Crippen LogP contribution is 2.35. The summed E-state index contributed by atoms with van der Waals surface area (Å²) in [4.78, 5) is 42.3. The van der Waals surface area contributed by atoms with Crippen LogP contribution in [0.5, 0.6) is 0 Å². The van der Waals surface area contributed by atoms with Gasteiger partial charge in [0.05, 0.1) is 28.3 Å². The smallest absolute Gasteiger partial charge is 0.331 e. The predicted molar refractivity (Wildman–Crippen MR) is 105 cm³/mol. The summed E-state index contributed by atoms with van der Waals surface area (Å²) in [5.41, 5.74) is 0.743. The van der Waals surface area contributed by atoms with Gasteiger partial charge in [0.1, 0.15) is 0 Å². The van der Waals surface area contributed by atoms with Gasteiger partial charge in [-0.05, 0) is 36.0 Å². The van der Waals surface area contributed by atoms with E-state index in [0.717, 1.165) is 17.8 Å². The van der Waals surface area contributed by atoms with Gasteiger partial charge in [-0.1, -0.05) is 41.9 Å². The van der Waals surface area contributed by atoms with Crippen molar-refractivity contribution in [1.29, 1.82) is 0 Å². The van der Waals surface area contributed by atoms with Crippen LogP contribution in [-0.4, -0.2) is 30.1 Å². The predicted octanol–water partition coefficient (Wildman–Crippen LogP) is 3.67. The molecular formula is C19H13ClN2O4S. The molecule has 2 amide bonds. The number of carbonyl (C=O) groups is 3. The Hall–Kier alpha value is -2.90. The van der Waals surface area contributed by atoms with Crippen molar-refractivity contribution in [1.82, 2.24) is 0 Å². The van der Waals surface area contributed by atoms with E-state index in [4.69, 9.17) is 11.6 Å². The van der Waals surface area contributed by atoms with Crippen LogP contribution in [0.2, 0.25) is 5.02 Å². The first-order valence-corrected chi connectivity index (χ1v) is 8.95. The van der Waals surface area contributed by atoms with E-state index in [0.29, 0.717) is 5.69 Å². The van der Waals surface area contributed by atoms with Gasteiger partial charge in [0.15, 0.2) is 5.17 Å². The molecule has 2 aromatic rings. The van der Waals surface area contributed by atoms with Crippen LogP contribution in [0.1, 0.15) is 10.4 Å². The highest BCUT2D eigenvalue weighted by Gasteiger charge is 2.36. The van der Waals surface area contributed by atoms with Crippen LogP contribution in [0.3, 0.4) is 0 Å². The number of methoxy groups -OCH3 is 1. The second kappa shape index (κ2) is 8.20. The van der Waals surface area contributed by atoms with Gasteiger partial charge < -0.3 is 4.74 Å². The number of ether oxygens (including phenoxy) is 1. The normalized spacial score (nSPS) is 16.8. The number of anilines is 1. The van der Waals surface area contributed by atoms with E-state index in [2.05, 4.69) is 9.73 Å². The van der Waals surface area contributed by atoms with Crippen LogP contribution >= 0.6 is 23.4 Å². The fourth-order valence-corrected chi connectivity index (χ4v) is 3.46. The molecule has 1 aliphatic rings. The monoisotopic (exact) mass is 400 g/mol. The molecule has 0 aliphatic carbocycles. The summed E-state index contributed by atoms with van der Waals surface area (Å²) in [5, 5.41) is 0.393. The number of rotatable bonds is 3. The molecule has 8 heteroatoms. The number of para-hydroxylation sites is 1. The van der Waals surface area contributed by atoms with Crippen LogP contribution in [0.15, 0.2) is 70.6 Å². The topological polar surface area (TPSA) is 76.0 Å². The van der Waals surface area contributed by atoms with Crippen molar-refractivity contribution in [3.63, 3.8) is 0 Å². The van der Waals surface area contributed by atoms with E-state index >= 15 is 0 Å². The Morgan fingerprint density at radius 1 is 1.11 bits per heavy atom. The Morgan fingerprint density at radius 3 is 2.44 bits per heavy atom. The molecule has 0 saturated carbocycles. The molecule has 0 unspecified atom stereocenters. The molecule has 6 nitrogen and oxygen atoms in total. The maximum absolute atomic E-state index is 12.8. The molecule has 1 saturated heterocycles. The molecule has 0 radical (unpaired) electrons. The SMILES string of the molecule is COC(=O)/C=C1/SC(=NC(=O)c2ccccc2Cl)N(c2ccccc2)C1=O. The highest BCUT2D eigenvalue weighted by molar-refractivity contribution is 8.19. The van der Waals surface area contributed by atoms with E-state index in [1.807, 2.05) is 0 Å². The zero-order valence-electron chi connectivity index (χ0n) is 14.1. The zero-order chi connectivity index (χ0) is 19.4. The molecule has 3 rings (SSSR count). The number of benzene rings is 2. The summed E-state index contributed by atoms with van der Waals surface area (Å²) >= 11 is 6.97. The van der Waals surface area contributed by atoms with Gasteiger partial charge in [0, 0.05) is 6.08 Å². The lowest BCUT2D eigenvalue weighted by Crippen LogP contribution is -2.29. The molecule has 0 spiro atoms. The first-order valence-electron chi connectivity index (χ1n) is 7.76. The number of carbonyl (C=O) groups excluding carboxylic acids is 3. The number of thioether (sulfide) groups is 1. The van der Waals surface area contributed by atoms with Gasteiger partial charge in [-0.25, -0.2) is 4.79 Å². The third-order valence-electron chi connectivity index (χ3n) is 3.57. The molecule has 1 heterocycles. The molecular weight excluding hydrogens is 388 g/mol. The second-order valence-corrected chi connectivity index (χ2v) is 6.71. The third-order valence-corrected chi connectivity index (χ3v) is 4.87. The van der Waals surface area contributed by atoms with Gasteiger partial charge in [0.25, 0.3) is 11.8 Å². The largest absolute Gasteiger partial charge is 0.466 e. The third kappa shape index (κ3) is 4.10. The van der Waals surface area contributed by atoms with E-state index in [9.17, 15) is 14.4 Å². The quantitative estimate of drug-likeness (QED) is 0.580. The number of aliphatic imine (C=N–C) groups is 1. The molecule has 0 atom stereocenters. The van der Waals surface area contributed by atoms with Gasteiger partial charge in [-0.2, -0.15) is 4.99 Å². The molecule has 0 bridgehead atoms. The van der Waals surface area contributed by atoms with Crippen molar-refractivity contribution in [3.05, 3.63) is 76.2 Å². The number of amidine groups is 1. The lowest BCUT2D eigenvalue weighted by Gasteiger charge is -2.15. The fourth-order valence-electron chi connectivity index (χ4n) is 2.30. The number of hydrogen-bond acceptors (Lipinski definition) is 5. The van der Waals surface area contributed by atoms with Crippen molar-refractivity contribution in [2.24, 2.45) is 4.99 Å². The highest BCUT2D eigenvalue weighted by atomic mass is 35.5. The van der Waals surface area contributed by atoms with Gasteiger partial charge in [0.2, 0.25) is 0 Å². The van der Waals surface area contributed by atoms with Gasteiger partial charge >= 0.3 is 5.97 Å². The molecule has 136 valence electrons. The van der Waals surface area contributed by atoms with E-state index in [1.54, 1.807) is 54.6 Å². The fraction of sp³-hybridized carbons (Fsp3) is 0.0526. The van der Waals surface area contributed by atoms with Crippen LogP contribution in [-0.2, 0) is 14.3 Å². The Bertz CT molecular complexity index is 973. The number of amides is 2. The molecule has 0 aromatic heterocycles. The first kappa shape index (κ1) is 18.9. The van der Waals surface area contributed by atoms with E-state index in [-0.39, 0.29) is 20.7 Å². The average Bonchev–Trinajstić information content (AvgIpc) is 2.97. The lowest BCUT2D eigenvalue weighted by atomic mass is 10.2. The Kier molecular flexibility index (Phi) is 5.73. The van der Waals surface area contributed by atoms with Crippen LogP contribution in [0.25, 0.3) is 0 Å². The van der Waals surface area contributed by atoms with E-state index < -0.39 is 17.8 Å². The summed E-state index contributed by atoms with van der Waals surface area (Å²) in [6.07, 6.45) is 1.07. The maximum Gasteiger partial charge on any atom is 0.331 e. The van der Waals surface area contributed by atoms with Crippen molar-refractivity contribution in [2.75, 3.05) is 12.0 Å². The first-order chi connectivity index (χ1) is 13.0. The molecule has 1 aliphatic heterocycles. The maximum atomic E-state index is 12.8. The summed E-state index contributed by atoms with van der Waals surface area (Å²) in [6, 6.07) is 15.2. The van der Waals surface area contributed by atoms with Crippen LogP contribution in [0, 0.1) is 0 Å². The minimum atomic E-state index is -0.669. The van der Waals surface area contributed by atoms with Crippen LogP contribution < -0.4 is 4.90 Å². The number of esters is 1. The molecule has 0 N–H and O–H groups in total. The van der Waals surface area contributed by atoms with Crippen molar-refractivity contribution in [3.8, 4) is 0 Å². The van der Waals surface area contributed by atoms with Crippen LogP contribution in [0.4, 0.5) is 5.69 Å². The summed E-state index contributed by atoms with van der Waals surface area (Å²) < 4.78 is 4.58. The minimum Gasteiger partial charge on any atom is -0.466 e. The second-order valence-electron chi connectivity index (χ2n) is 5.29. The molecule has 27 heavy (non-hydrogen) atoms. The Labute approximate surface area is 164 Å². The number of nitrogens with zero attached hydrogens (tertiary/aromatic N) is 2. The van der Waals surface area contributed by atoms with Crippen molar-refractivity contribution >= 4 is 52.0 Å². The van der Waals surface area contributed by atoms with E-state index in [1.165, 1.54) is 12.0 Å². The van der Waals surface area contributed by atoms with Crippen molar-refractivity contribution < 1.29 is 19.1 Å². The minimum absolute atomic E-state index is 0.108. The Balaban J connectivity index is 2.04. The Morgan fingerprint density at radius 2 is 1.78 bits per heavy atom. The average molecular weight is 401 g/mol. The standard InChI is InChI=1S/C19H13ClN2O4S/c1-26-16(23)11-15-18(25)22(12-7-3-2-4-8-12)19(27-15)21-17(24)13-9-5-6-10-14(13)20/h2-11H,1H3/b15-11+,21-19?. The zero-order valence-corrected chi connectivity index (χ0v) is 15.7. The van der Waals surface area contributed by atoms with Gasteiger partial charge in [-0.3, -0.25) is 14.5 Å². The summed E-state index contributed by atoms with van der Waals surface area (Å²) in [7, 11) is 1.22. The summed E-state index contributed by atoms with van der Waals surface area (Å²) in [5.74, 6) is -1.73. The molecule has 1 fully saturated rings. The van der Waals surface area contributed by atoms with Crippen molar-refractivity contribution in [2.45, 2.75) is 0 Å². The summed E-state index contributed by atoms with van der Waals surface area (Å²) in [6.45, 7) is 0. The van der Waals surface area contributed by atoms with Gasteiger partial charge in [-0.15, -0.1) is 0 Å². The lowest BCUT2D eigenvalue weighted by molar-refractivity contribution is -0.135. The number of hydrogen-bond donors (Lipinski definition) is 0. The number of halogens is 1.